The number of halogens is 3. The van der Waals surface area contributed by atoms with E-state index in [1.807, 2.05) is 60.7 Å². The van der Waals surface area contributed by atoms with Crippen LogP contribution in [0.2, 0.25) is 0 Å². The molecule has 0 aliphatic carbocycles. The van der Waals surface area contributed by atoms with E-state index in [1.165, 1.54) is 0 Å². The molecule has 1 unspecified atom stereocenters. The summed E-state index contributed by atoms with van der Waals surface area (Å²) >= 11 is 0. The summed E-state index contributed by atoms with van der Waals surface area (Å²) in [6.45, 7) is 0. The summed E-state index contributed by atoms with van der Waals surface area (Å²) in [5.41, 5.74) is 1.63. The van der Waals surface area contributed by atoms with Gasteiger partial charge in [0.05, 0.1) is 0 Å². The third-order valence-corrected chi connectivity index (χ3v) is 3.08. The minimum absolute atomic E-state index is 0.0205. The minimum atomic E-state index is -4.15. The second kappa shape index (κ2) is 6.99. The second-order valence-electron chi connectivity index (χ2n) is 4.75. The van der Waals surface area contributed by atoms with Crippen molar-refractivity contribution in [3.05, 3.63) is 71.8 Å². The molecule has 2 rings (SSSR count). The van der Waals surface area contributed by atoms with E-state index in [4.69, 9.17) is 0 Å². The molecule has 21 heavy (non-hydrogen) atoms. The number of rotatable bonds is 3. The molecule has 2 aromatic carbocycles. The van der Waals surface area contributed by atoms with Gasteiger partial charge in [-0.3, -0.25) is 0 Å². The number of hydrogen-bond donors (Lipinski definition) is 0. The van der Waals surface area contributed by atoms with Crippen LogP contribution in [-0.4, -0.2) is 6.18 Å². The lowest BCUT2D eigenvalue weighted by molar-refractivity contribution is -0.135. The molecule has 2 aromatic rings. The van der Waals surface area contributed by atoms with Crippen molar-refractivity contribution < 1.29 is 13.2 Å². The summed E-state index contributed by atoms with van der Waals surface area (Å²) in [5, 5.41) is 0. The van der Waals surface area contributed by atoms with Crippen LogP contribution in [0.5, 0.6) is 0 Å². The van der Waals surface area contributed by atoms with Crippen LogP contribution in [0.25, 0.3) is 0 Å². The van der Waals surface area contributed by atoms with E-state index in [-0.39, 0.29) is 6.42 Å². The maximum atomic E-state index is 12.4. The lowest BCUT2D eigenvalue weighted by Crippen LogP contribution is -2.09. The Morgan fingerprint density at radius 3 is 2.00 bits per heavy atom. The van der Waals surface area contributed by atoms with Crippen LogP contribution in [0.1, 0.15) is 29.9 Å². The van der Waals surface area contributed by atoms with Gasteiger partial charge in [0.2, 0.25) is 0 Å². The summed E-state index contributed by atoms with van der Waals surface area (Å²) in [6.07, 6.45) is -5.00. The first-order chi connectivity index (χ1) is 10.0. The molecule has 0 aromatic heterocycles. The second-order valence-corrected chi connectivity index (χ2v) is 4.75. The predicted octanol–water partition coefficient (Wildman–Crippen LogP) is 5.16. The number of alkyl halides is 3. The Labute approximate surface area is 122 Å². The highest BCUT2D eigenvalue weighted by Gasteiger charge is 2.28. The largest absolute Gasteiger partial charge is 0.389 e. The van der Waals surface area contributed by atoms with E-state index in [2.05, 4.69) is 11.8 Å². The zero-order valence-electron chi connectivity index (χ0n) is 11.4. The fourth-order valence-corrected chi connectivity index (χ4v) is 2.01. The van der Waals surface area contributed by atoms with Gasteiger partial charge < -0.3 is 0 Å². The lowest BCUT2D eigenvalue weighted by atomic mass is 9.94. The van der Waals surface area contributed by atoms with Crippen molar-refractivity contribution in [1.82, 2.24) is 0 Å². The Bertz CT molecular complexity index is 604. The summed E-state index contributed by atoms with van der Waals surface area (Å²) < 4.78 is 37.3. The summed E-state index contributed by atoms with van der Waals surface area (Å²) in [7, 11) is 0. The fraction of sp³-hybridized carbons (Fsp3) is 0.222. The third-order valence-electron chi connectivity index (χ3n) is 3.08. The summed E-state index contributed by atoms with van der Waals surface area (Å²) in [4.78, 5) is 0. The zero-order chi connectivity index (χ0) is 15.1. The molecule has 0 nitrogen and oxygen atoms in total. The first kappa shape index (κ1) is 15.2. The monoisotopic (exact) mass is 288 g/mol. The SMILES string of the molecule is FC(F)(F)CCC(C#Cc1ccccc1)c1ccccc1. The van der Waals surface area contributed by atoms with Gasteiger partial charge >= 0.3 is 6.18 Å². The van der Waals surface area contributed by atoms with Crippen LogP contribution in [0, 0.1) is 11.8 Å². The van der Waals surface area contributed by atoms with Crippen molar-refractivity contribution >= 4 is 0 Å². The molecule has 108 valence electrons. The smallest absolute Gasteiger partial charge is 0.171 e. The van der Waals surface area contributed by atoms with Gasteiger partial charge in [0.15, 0.2) is 0 Å². The molecule has 0 fully saturated rings. The number of benzene rings is 2. The van der Waals surface area contributed by atoms with Crippen LogP contribution in [0.4, 0.5) is 13.2 Å². The molecule has 0 saturated carbocycles. The molecule has 0 amide bonds. The molecule has 3 heteroatoms. The van der Waals surface area contributed by atoms with Crippen molar-refractivity contribution in [2.45, 2.75) is 24.9 Å². The van der Waals surface area contributed by atoms with Crippen LogP contribution < -0.4 is 0 Å². The standard InChI is InChI=1S/C18H15F3/c19-18(20,21)14-13-17(16-9-5-2-6-10-16)12-11-15-7-3-1-4-8-15/h1-10,17H,13-14H2. The minimum Gasteiger partial charge on any atom is -0.171 e. The molecular weight excluding hydrogens is 273 g/mol. The average molecular weight is 288 g/mol. The van der Waals surface area contributed by atoms with E-state index in [0.717, 1.165) is 11.1 Å². The van der Waals surface area contributed by atoms with Crippen molar-refractivity contribution in [3.63, 3.8) is 0 Å². The third kappa shape index (κ3) is 5.35. The van der Waals surface area contributed by atoms with Crippen molar-refractivity contribution in [3.8, 4) is 11.8 Å². The van der Waals surface area contributed by atoms with Gasteiger partial charge in [0.1, 0.15) is 0 Å². The highest BCUT2D eigenvalue weighted by molar-refractivity contribution is 5.37. The Morgan fingerprint density at radius 1 is 0.857 bits per heavy atom. The van der Waals surface area contributed by atoms with Gasteiger partial charge in [0, 0.05) is 17.9 Å². The summed E-state index contributed by atoms with van der Waals surface area (Å²) in [6, 6.07) is 18.4. The van der Waals surface area contributed by atoms with Gasteiger partial charge in [-0.1, -0.05) is 60.4 Å². The maximum absolute atomic E-state index is 12.4. The molecule has 0 aliphatic rings. The first-order valence-corrected chi connectivity index (χ1v) is 6.73. The highest BCUT2D eigenvalue weighted by Crippen LogP contribution is 2.28. The van der Waals surface area contributed by atoms with Crippen LogP contribution in [-0.2, 0) is 0 Å². The van der Waals surface area contributed by atoms with E-state index in [0.29, 0.717) is 0 Å². The summed E-state index contributed by atoms with van der Waals surface area (Å²) in [5.74, 6) is 5.53. The molecular formula is C18H15F3. The molecule has 0 N–H and O–H groups in total. The molecule has 0 bridgehead atoms. The van der Waals surface area contributed by atoms with E-state index in [9.17, 15) is 13.2 Å². The topological polar surface area (TPSA) is 0 Å². The maximum Gasteiger partial charge on any atom is 0.389 e. The molecule has 0 saturated heterocycles. The predicted molar refractivity (Wildman–Crippen MR) is 77.8 cm³/mol. The van der Waals surface area contributed by atoms with E-state index >= 15 is 0 Å². The molecule has 0 radical (unpaired) electrons. The molecule has 1 atom stereocenters. The Balaban J connectivity index is 2.19. The molecule has 0 aliphatic heterocycles. The Morgan fingerprint density at radius 2 is 1.43 bits per heavy atom. The fourth-order valence-electron chi connectivity index (χ4n) is 2.01. The van der Waals surface area contributed by atoms with Crippen molar-refractivity contribution in [2.75, 3.05) is 0 Å². The van der Waals surface area contributed by atoms with E-state index < -0.39 is 18.5 Å². The van der Waals surface area contributed by atoms with Crippen molar-refractivity contribution in [1.29, 1.82) is 0 Å². The Kier molecular flexibility index (Phi) is 5.05. The van der Waals surface area contributed by atoms with Gasteiger partial charge in [-0.05, 0) is 24.1 Å². The van der Waals surface area contributed by atoms with Gasteiger partial charge in [-0.25, -0.2) is 0 Å². The number of hydrogen-bond acceptors (Lipinski definition) is 0. The lowest BCUT2D eigenvalue weighted by Gasteiger charge is -2.12. The first-order valence-electron chi connectivity index (χ1n) is 6.73. The van der Waals surface area contributed by atoms with Crippen molar-refractivity contribution in [2.24, 2.45) is 0 Å². The normalized spacial score (nSPS) is 12.3. The van der Waals surface area contributed by atoms with Crippen LogP contribution in [0.3, 0.4) is 0 Å². The van der Waals surface area contributed by atoms with Crippen LogP contribution >= 0.6 is 0 Å². The van der Waals surface area contributed by atoms with Crippen LogP contribution in [0.15, 0.2) is 60.7 Å². The quantitative estimate of drug-likeness (QED) is 0.684. The average Bonchev–Trinajstić information content (AvgIpc) is 2.48. The Hall–Kier alpha value is -2.21. The van der Waals surface area contributed by atoms with E-state index in [1.54, 1.807) is 0 Å². The molecule has 0 heterocycles. The molecule has 0 spiro atoms. The highest BCUT2D eigenvalue weighted by atomic mass is 19.4. The zero-order valence-corrected chi connectivity index (χ0v) is 11.4. The van der Waals surface area contributed by atoms with Gasteiger partial charge in [-0.2, -0.15) is 13.2 Å². The van der Waals surface area contributed by atoms with Gasteiger partial charge in [0.25, 0.3) is 0 Å². The van der Waals surface area contributed by atoms with Gasteiger partial charge in [-0.15, -0.1) is 0 Å².